The van der Waals surface area contributed by atoms with E-state index in [1.165, 1.54) is 0 Å². The second-order valence-electron chi connectivity index (χ2n) is 3.39. The molecule has 0 unspecified atom stereocenters. The van der Waals surface area contributed by atoms with Crippen molar-refractivity contribution in [3.8, 4) is 5.75 Å². The molecule has 0 aliphatic heterocycles. The molecular formula is C11H9BrN2O4S. The average Bonchev–Trinajstić information content (AvgIpc) is 2.84. The lowest BCUT2D eigenvalue weighted by atomic mass is 10.3. The number of hydrogen-bond donors (Lipinski definition) is 1. The Morgan fingerprint density at radius 1 is 1.37 bits per heavy atom. The molecule has 8 heteroatoms. The highest BCUT2D eigenvalue weighted by atomic mass is 79.9. The normalized spacial score (nSPS) is 10.4. The fraction of sp³-hybridized carbons (Fsp3) is 0.182. The maximum atomic E-state index is 10.4. The van der Waals surface area contributed by atoms with Crippen molar-refractivity contribution in [3.63, 3.8) is 0 Å². The number of nitrogens with zero attached hydrogens (tertiary/aromatic N) is 2. The van der Waals surface area contributed by atoms with Crippen LogP contribution in [0.2, 0.25) is 0 Å². The molecule has 19 heavy (non-hydrogen) atoms. The van der Waals surface area contributed by atoms with Gasteiger partial charge in [0.25, 0.3) is 11.1 Å². The lowest BCUT2D eigenvalue weighted by molar-refractivity contribution is -0.133. The SMILES string of the molecule is O=C(O)CSc1nnc(COc2ccc(Br)cc2)o1. The van der Waals surface area contributed by atoms with Crippen LogP contribution in [0.15, 0.2) is 38.4 Å². The topological polar surface area (TPSA) is 85.5 Å². The van der Waals surface area contributed by atoms with Crippen LogP contribution in [0.5, 0.6) is 5.75 Å². The number of thioether (sulfide) groups is 1. The summed E-state index contributed by atoms with van der Waals surface area (Å²) < 4.78 is 11.6. The second-order valence-corrected chi connectivity index (χ2v) is 5.23. The van der Waals surface area contributed by atoms with Gasteiger partial charge in [-0.3, -0.25) is 4.79 Å². The van der Waals surface area contributed by atoms with Crippen LogP contribution in [0.4, 0.5) is 0 Å². The number of halogens is 1. The first kappa shape index (κ1) is 13.9. The zero-order chi connectivity index (χ0) is 13.7. The molecule has 6 nitrogen and oxygen atoms in total. The smallest absolute Gasteiger partial charge is 0.314 e. The summed E-state index contributed by atoms with van der Waals surface area (Å²) >= 11 is 4.30. The molecule has 0 saturated carbocycles. The van der Waals surface area contributed by atoms with Crippen molar-refractivity contribution in [1.82, 2.24) is 10.2 Å². The van der Waals surface area contributed by atoms with E-state index in [9.17, 15) is 4.79 Å². The van der Waals surface area contributed by atoms with Crippen LogP contribution in [0.3, 0.4) is 0 Å². The van der Waals surface area contributed by atoms with Gasteiger partial charge in [0.05, 0.1) is 0 Å². The molecule has 0 aliphatic rings. The molecule has 0 radical (unpaired) electrons. The van der Waals surface area contributed by atoms with E-state index in [0.717, 1.165) is 16.2 Å². The lowest BCUT2D eigenvalue weighted by Gasteiger charge is -2.02. The molecule has 1 N–H and O–H groups in total. The number of ether oxygens (including phenoxy) is 1. The molecule has 0 saturated heterocycles. The molecule has 1 aromatic carbocycles. The van der Waals surface area contributed by atoms with Crippen molar-refractivity contribution < 1.29 is 19.1 Å². The number of aromatic nitrogens is 2. The van der Waals surface area contributed by atoms with Gasteiger partial charge < -0.3 is 14.3 Å². The third kappa shape index (κ3) is 4.56. The average molecular weight is 345 g/mol. The Hall–Kier alpha value is -1.54. The van der Waals surface area contributed by atoms with Gasteiger partial charge in [-0.25, -0.2) is 0 Å². The van der Waals surface area contributed by atoms with E-state index in [-0.39, 0.29) is 17.6 Å². The van der Waals surface area contributed by atoms with Gasteiger partial charge in [-0.1, -0.05) is 27.7 Å². The summed E-state index contributed by atoms with van der Waals surface area (Å²) in [5, 5.41) is 16.2. The van der Waals surface area contributed by atoms with Crippen LogP contribution >= 0.6 is 27.7 Å². The summed E-state index contributed by atoms with van der Waals surface area (Å²) in [7, 11) is 0. The summed E-state index contributed by atoms with van der Waals surface area (Å²) in [4.78, 5) is 10.4. The van der Waals surface area contributed by atoms with E-state index in [1.807, 2.05) is 12.1 Å². The molecule has 0 fully saturated rings. The largest absolute Gasteiger partial charge is 0.484 e. The Bertz CT molecular complexity index is 558. The summed E-state index contributed by atoms with van der Waals surface area (Å²) in [6.45, 7) is 0.141. The van der Waals surface area contributed by atoms with Crippen LogP contribution in [-0.4, -0.2) is 27.0 Å². The van der Waals surface area contributed by atoms with Crippen LogP contribution in [-0.2, 0) is 11.4 Å². The zero-order valence-corrected chi connectivity index (χ0v) is 12.0. The van der Waals surface area contributed by atoms with Crippen molar-refractivity contribution in [2.45, 2.75) is 11.8 Å². The number of aliphatic carboxylic acids is 1. The molecule has 1 aromatic heterocycles. The van der Waals surface area contributed by atoms with Gasteiger partial charge in [-0.15, -0.1) is 10.2 Å². The molecule has 0 amide bonds. The van der Waals surface area contributed by atoms with E-state index < -0.39 is 5.97 Å². The molecule has 0 atom stereocenters. The van der Waals surface area contributed by atoms with Crippen molar-refractivity contribution in [1.29, 1.82) is 0 Å². The number of carbonyl (C=O) groups is 1. The highest BCUT2D eigenvalue weighted by Crippen LogP contribution is 2.19. The minimum Gasteiger partial charge on any atom is -0.484 e. The van der Waals surface area contributed by atoms with Gasteiger partial charge in [-0.2, -0.15) is 0 Å². The summed E-state index contributed by atoms with van der Waals surface area (Å²) in [5.41, 5.74) is 0. The highest BCUT2D eigenvalue weighted by molar-refractivity contribution is 9.10. The van der Waals surface area contributed by atoms with Crippen LogP contribution in [0, 0.1) is 0 Å². The number of carboxylic acids is 1. The zero-order valence-electron chi connectivity index (χ0n) is 9.58. The second kappa shape index (κ2) is 6.58. The number of carboxylic acid groups (broad SMARTS) is 1. The van der Waals surface area contributed by atoms with Crippen LogP contribution in [0.1, 0.15) is 5.89 Å². The molecule has 0 aliphatic carbocycles. The summed E-state index contributed by atoms with van der Waals surface area (Å²) in [5.74, 6) is -0.0670. The predicted molar refractivity (Wildman–Crippen MR) is 71.1 cm³/mol. The van der Waals surface area contributed by atoms with Gasteiger partial charge in [0.2, 0.25) is 0 Å². The minimum atomic E-state index is -0.934. The Kier molecular flexibility index (Phi) is 4.80. The Morgan fingerprint density at radius 2 is 2.11 bits per heavy atom. The van der Waals surface area contributed by atoms with Gasteiger partial charge in [0, 0.05) is 4.47 Å². The standard InChI is InChI=1S/C11H9BrN2O4S/c12-7-1-3-8(4-2-7)17-5-9-13-14-11(18-9)19-6-10(15)16/h1-4H,5-6H2,(H,15,16). The highest BCUT2D eigenvalue weighted by Gasteiger charge is 2.09. The van der Waals surface area contributed by atoms with Crippen LogP contribution in [0.25, 0.3) is 0 Å². The fourth-order valence-electron chi connectivity index (χ4n) is 1.15. The first-order chi connectivity index (χ1) is 9.13. The summed E-state index contributed by atoms with van der Waals surface area (Å²) in [6, 6.07) is 7.33. The van der Waals surface area contributed by atoms with Gasteiger partial charge in [0.15, 0.2) is 6.61 Å². The Morgan fingerprint density at radius 3 is 2.79 bits per heavy atom. The number of benzene rings is 1. The van der Waals surface area contributed by atoms with Gasteiger partial charge in [-0.05, 0) is 24.3 Å². The molecule has 1 heterocycles. The maximum absolute atomic E-state index is 10.4. The van der Waals surface area contributed by atoms with E-state index in [2.05, 4.69) is 26.1 Å². The van der Waals surface area contributed by atoms with Gasteiger partial charge in [0.1, 0.15) is 11.5 Å². The number of hydrogen-bond acceptors (Lipinski definition) is 6. The predicted octanol–water partition coefficient (Wildman–Crippen LogP) is 2.59. The fourth-order valence-corrected chi connectivity index (χ4v) is 1.92. The Labute approximate surface area is 121 Å². The van der Waals surface area contributed by atoms with E-state index in [4.69, 9.17) is 14.3 Å². The molecule has 2 rings (SSSR count). The molecule has 0 spiro atoms. The monoisotopic (exact) mass is 344 g/mol. The van der Waals surface area contributed by atoms with Crippen molar-refractivity contribution in [3.05, 3.63) is 34.6 Å². The summed E-state index contributed by atoms with van der Waals surface area (Å²) in [6.07, 6.45) is 0. The number of rotatable bonds is 6. The van der Waals surface area contributed by atoms with Gasteiger partial charge >= 0.3 is 5.97 Å². The van der Waals surface area contributed by atoms with Crippen molar-refractivity contribution in [2.24, 2.45) is 0 Å². The Balaban J connectivity index is 1.86. The first-order valence-corrected chi connectivity index (χ1v) is 6.96. The van der Waals surface area contributed by atoms with E-state index in [1.54, 1.807) is 12.1 Å². The first-order valence-electron chi connectivity index (χ1n) is 5.19. The van der Waals surface area contributed by atoms with Crippen molar-refractivity contribution in [2.75, 3.05) is 5.75 Å². The third-order valence-electron chi connectivity index (χ3n) is 1.94. The molecule has 0 bridgehead atoms. The molecule has 100 valence electrons. The van der Waals surface area contributed by atoms with E-state index >= 15 is 0 Å². The third-order valence-corrected chi connectivity index (χ3v) is 3.28. The lowest BCUT2D eigenvalue weighted by Crippen LogP contribution is -1.97. The molecular weight excluding hydrogens is 336 g/mol. The van der Waals surface area contributed by atoms with E-state index in [0.29, 0.717) is 11.6 Å². The minimum absolute atomic E-state index is 0.116. The molecule has 2 aromatic rings. The van der Waals surface area contributed by atoms with Crippen molar-refractivity contribution >= 4 is 33.7 Å². The van der Waals surface area contributed by atoms with Crippen LogP contribution < -0.4 is 4.74 Å². The quantitative estimate of drug-likeness (QED) is 0.806. The maximum Gasteiger partial charge on any atom is 0.314 e.